The van der Waals surface area contributed by atoms with Gasteiger partial charge in [0.2, 0.25) is 5.91 Å². The van der Waals surface area contributed by atoms with Crippen LogP contribution in [-0.2, 0) is 17.9 Å². The van der Waals surface area contributed by atoms with Gasteiger partial charge in [0.1, 0.15) is 0 Å². The van der Waals surface area contributed by atoms with Crippen molar-refractivity contribution in [2.45, 2.75) is 30.4 Å². The van der Waals surface area contributed by atoms with Crippen molar-refractivity contribution in [2.75, 3.05) is 26.2 Å². The number of carbonyl (C=O) groups is 1. The van der Waals surface area contributed by atoms with Crippen LogP contribution in [-0.4, -0.2) is 66.9 Å². The first-order chi connectivity index (χ1) is 17.7. The first kappa shape index (κ1) is 24.2. The standard InChI is InChI=1S/C28H30N6OS/c1-22(27(35)33-18-16-32(17-19-33)20-23-8-4-2-5-9-23)36-28-31-30-26(25-12-14-29-15-13-25)34(28)21-24-10-6-3-7-11-24/h2-15,22H,16-21H2,1H3. The Labute approximate surface area is 216 Å². The maximum absolute atomic E-state index is 13.3. The van der Waals surface area contributed by atoms with Gasteiger partial charge in [0, 0.05) is 50.7 Å². The summed E-state index contributed by atoms with van der Waals surface area (Å²) in [4.78, 5) is 21.9. The molecule has 2 aromatic carbocycles. The number of carbonyl (C=O) groups excluding carboxylic acids is 1. The van der Waals surface area contributed by atoms with E-state index in [1.54, 1.807) is 12.4 Å². The number of aromatic nitrogens is 4. The largest absolute Gasteiger partial charge is 0.339 e. The minimum atomic E-state index is -0.255. The van der Waals surface area contributed by atoms with E-state index in [4.69, 9.17) is 0 Å². The van der Waals surface area contributed by atoms with Gasteiger partial charge in [-0.3, -0.25) is 19.2 Å². The molecule has 8 heteroatoms. The molecule has 1 aliphatic heterocycles. The van der Waals surface area contributed by atoms with Crippen LogP contribution in [0.3, 0.4) is 0 Å². The molecule has 1 aliphatic rings. The van der Waals surface area contributed by atoms with Crippen molar-refractivity contribution in [1.82, 2.24) is 29.5 Å². The normalized spacial score (nSPS) is 15.1. The highest BCUT2D eigenvalue weighted by Gasteiger charge is 2.27. The second-order valence-electron chi connectivity index (χ2n) is 8.96. The van der Waals surface area contributed by atoms with E-state index < -0.39 is 0 Å². The van der Waals surface area contributed by atoms with E-state index >= 15 is 0 Å². The Morgan fingerprint density at radius 1 is 0.833 bits per heavy atom. The molecule has 1 fully saturated rings. The molecular formula is C28H30N6OS. The highest BCUT2D eigenvalue weighted by molar-refractivity contribution is 8.00. The number of hydrogen-bond donors (Lipinski definition) is 0. The van der Waals surface area contributed by atoms with Crippen LogP contribution in [0.4, 0.5) is 0 Å². The Hall–Kier alpha value is -3.49. The molecule has 3 heterocycles. The number of hydrogen-bond acceptors (Lipinski definition) is 6. The molecule has 7 nitrogen and oxygen atoms in total. The van der Waals surface area contributed by atoms with Crippen LogP contribution in [0, 0.1) is 0 Å². The summed E-state index contributed by atoms with van der Waals surface area (Å²) in [5, 5.41) is 9.47. The fourth-order valence-electron chi connectivity index (χ4n) is 4.43. The molecule has 0 spiro atoms. The Morgan fingerprint density at radius 3 is 2.08 bits per heavy atom. The lowest BCUT2D eigenvalue weighted by molar-refractivity contribution is -0.132. The number of thioether (sulfide) groups is 1. The predicted molar refractivity (Wildman–Crippen MR) is 142 cm³/mol. The average molecular weight is 499 g/mol. The van der Waals surface area contributed by atoms with Crippen molar-refractivity contribution < 1.29 is 4.79 Å². The Balaban J connectivity index is 1.26. The molecule has 184 valence electrons. The number of pyridine rings is 1. The minimum Gasteiger partial charge on any atom is -0.339 e. The number of benzene rings is 2. The zero-order chi connectivity index (χ0) is 24.7. The Kier molecular flexibility index (Phi) is 7.73. The van der Waals surface area contributed by atoms with Crippen molar-refractivity contribution in [3.63, 3.8) is 0 Å². The van der Waals surface area contributed by atoms with E-state index in [1.807, 2.05) is 48.2 Å². The lowest BCUT2D eigenvalue weighted by Gasteiger charge is -2.35. The number of piperazine rings is 1. The van der Waals surface area contributed by atoms with Crippen LogP contribution in [0.25, 0.3) is 11.4 Å². The van der Waals surface area contributed by atoms with E-state index in [1.165, 1.54) is 17.3 Å². The van der Waals surface area contributed by atoms with Crippen LogP contribution >= 0.6 is 11.8 Å². The summed E-state index contributed by atoms with van der Waals surface area (Å²) >= 11 is 1.48. The fourth-order valence-corrected chi connectivity index (χ4v) is 5.36. The van der Waals surface area contributed by atoms with Crippen molar-refractivity contribution in [2.24, 2.45) is 0 Å². The summed E-state index contributed by atoms with van der Waals surface area (Å²) in [6.07, 6.45) is 3.51. The number of amides is 1. The fraction of sp³-hybridized carbons (Fsp3) is 0.286. The van der Waals surface area contributed by atoms with Crippen LogP contribution < -0.4 is 0 Å². The summed E-state index contributed by atoms with van der Waals surface area (Å²) in [5.74, 6) is 0.928. The summed E-state index contributed by atoms with van der Waals surface area (Å²) in [5.41, 5.74) is 3.42. The van der Waals surface area contributed by atoms with E-state index in [-0.39, 0.29) is 11.2 Å². The third-order valence-electron chi connectivity index (χ3n) is 6.40. The van der Waals surface area contributed by atoms with Gasteiger partial charge in [-0.1, -0.05) is 72.4 Å². The van der Waals surface area contributed by atoms with Crippen LogP contribution in [0.2, 0.25) is 0 Å². The summed E-state index contributed by atoms with van der Waals surface area (Å²) < 4.78 is 2.09. The zero-order valence-corrected chi connectivity index (χ0v) is 21.2. The molecule has 4 aromatic rings. The van der Waals surface area contributed by atoms with Gasteiger partial charge in [-0.05, 0) is 30.2 Å². The third kappa shape index (κ3) is 5.83. The second kappa shape index (κ2) is 11.5. The predicted octanol–water partition coefficient (Wildman–Crippen LogP) is 4.21. The molecule has 0 radical (unpaired) electrons. The number of nitrogens with zero attached hydrogens (tertiary/aromatic N) is 6. The van der Waals surface area contributed by atoms with Crippen LogP contribution in [0.1, 0.15) is 18.1 Å². The molecule has 5 rings (SSSR count). The van der Waals surface area contributed by atoms with Crippen molar-refractivity contribution in [3.8, 4) is 11.4 Å². The van der Waals surface area contributed by atoms with Gasteiger partial charge in [0.15, 0.2) is 11.0 Å². The highest BCUT2D eigenvalue weighted by Crippen LogP contribution is 2.28. The quantitative estimate of drug-likeness (QED) is 0.339. The molecule has 0 saturated carbocycles. The second-order valence-corrected chi connectivity index (χ2v) is 10.3. The first-order valence-electron chi connectivity index (χ1n) is 12.3. The molecule has 0 aliphatic carbocycles. The minimum absolute atomic E-state index is 0.152. The third-order valence-corrected chi connectivity index (χ3v) is 7.47. The lowest BCUT2D eigenvalue weighted by atomic mass is 10.2. The summed E-state index contributed by atoms with van der Waals surface area (Å²) in [6.45, 7) is 6.78. The van der Waals surface area contributed by atoms with E-state index in [2.05, 4.69) is 61.0 Å². The monoisotopic (exact) mass is 498 g/mol. The van der Waals surface area contributed by atoms with Gasteiger partial charge in [-0.25, -0.2) is 0 Å². The molecular weight excluding hydrogens is 468 g/mol. The zero-order valence-electron chi connectivity index (χ0n) is 20.4. The van der Waals surface area contributed by atoms with Gasteiger partial charge in [0.05, 0.1) is 11.8 Å². The Bertz CT molecular complexity index is 1260. The van der Waals surface area contributed by atoms with E-state index in [0.717, 1.165) is 54.8 Å². The molecule has 0 bridgehead atoms. The first-order valence-corrected chi connectivity index (χ1v) is 13.1. The SMILES string of the molecule is CC(Sc1nnc(-c2ccncc2)n1Cc1ccccc1)C(=O)N1CCN(Cc2ccccc2)CC1. The molecule has 1 atom stereocenters. The average Bonchev–Trinajstić information content (AvgIpc) is 3.32. The lowest BCUT2D eigenvalue weighted by Crippen LogP contribution is -2.50. The van der Waals surface area contributed by atoms with Gasteiger partial charge in [-0.15, -0.1) is 10.2 Å². The smallest absolute Gasteiger partial charge is 0.235 e. The molecule has 36 heavy (non-hydrogen) atoms. The molecule has 2 aromatic heterocycles. The van der Waals surface area contributed by atoms with Crippen molar-refractivity contribution >= 4 is 17.7 Å². The summed E-state index contributed by atoms with van der Waals surface area (Å²) in [7, 11) is 0. The molecule has 1 saturated heterocycles. The molecule has 0 N–H and O–H groups in total. The maximum atomic E-state index is 13.3. The number of rotatable bonds is 8. The Morgan fingerprint density at radius 2 is 1.44 bits per heavy atom. The van der Waals surface area contributed by atoms with Gasteiger partial charge < -0.3 is 4.90 Å². The van der Waals surface area contributed by atoms with Gasteiger partial charge >= 0.3 is 0 Å². The van der Waals surface area contributed by atoms with Crippen molar-refractivity contribution in [3.05, 3.63) is 96.3 Å². The summed E-state index contributed by atoms with van der Waals surface area (Å²) in [6, 6.07) is 24.6. The van der Waals surface area contributed by atoms with Gasteiger partial charge in [-0.2, -0.15) is 0 Å². The molecule has 1 amide bonds. The topological polar surface area (TPSA) is 67.2 Å². The van der Waals surface area contributed by atoms with Crippen LogP contribution in [0.15, 0.2) is 90.3 Å². The maximum Gasteiger partial charge on any atom is 0.235 e. The van der Waals surface area contributed by atoms with E-state index in [0.29, 0.717) is 6.54 Å². The molecule has 1 unspecified atom stereocenters. The highest BCUT2D eigenvalue weighted by atomic mass is 32.2. The van der Waals surface area contributed by atoms with Gasteiger partial charge in [0.25, 0.3) is 0 Å². The van der Waals surface area contributed by atoms with Crippen LogP contribution in [0.5, 0.6) is 0 Å². The van der Waals surface area contributed by atoms with E-state index in [9.17, 15) is 4.79 Å². The van der Waals surface area contributed by atoms with Crippen molar-refractivity contribution in [1.29, 1.82) is 0 Å².